The van der Waals surface area contributed by atoms with E-state index in [0.717, 1.165) is 11.4 Å². The van der Waals surface area contributed by atoms with Gasteiger partial charge in [0.05, 0.1) is 22.1 Å². The normalized spacial score (nSPS) is 11.9. The number of benzene rings is 8. The number of hydrogen-bond acceptors (Lipinski definition) is 1. The second-order valence-electron chi connectivity index (χ2n) is 13.3. The number of para-hydroxylation sites is 2. The maximum absolute atomic E-state index is 2.48. The van der Waals surface area contributed by atoms with Crippen molar-refractivity contribution < 1.29 is 0 Å². The lowest BCUT2D eigenvalue weighted by molar-refractivity contribution is 1.17. The minimum Gasteiger partial charge on any atom is -0.309 e. The van der Waals surface area contributed by atoms with E-state index < -0.39 is 0 Å². The molecule has 0 N–H and O–H groups in total. The summed E-state index contributed by atoms with van der Waals surface area (Å²) in [5.74, 6) is 0. The highest BCUT2D eigenvalue weighted by Crippen LogP contribution is 2.44. The van der Waals surface area contributed by atoms with Crippen molar-refractivity contribution in [2.75, 3.05) is 0 Å². The molecule has 0 fully saturated rings. The summed E-state index contributed by atoms with van der Waals surface area (Å²) in [6.07, 6.45) is 0. The number of rotatable bonds is 4. The number of fused-ring (bicyclic) bond motifs is 10. The smallest absolute Gasteiger partial charge is 0.0641 e. The van der Waals surface area contributed by atoms with Crippen LogP contribution in [0.1, 0.15) is 0 Å². The zero-order valence-electron chi connectivity index (χ0n) is 27.6. The molecule has 0 bridgehead atoms. The lowest BCUT2D eigenvalue weighted by Crippen LogP contribution is -1.96. The summed E-state index contributed by atoms with van der Waals surface area (Å²) in [6, 6.07) is 66.6. The molecule has 0 unspecified atom stereocenters. The van der Waals surface area contributed by atoms with E-state index in [-0.39, 0.29) is 0 Å². The molecule has 11 aromatic rings. The molecule has 0 saturated carbocycles. The van der Waals surface area contributed by atoms with Gasteiger partial charge in [-0.25, -0.2) is 0 Å². The Kier molecular flexibility index (Phi) is 6.16. The van der Waals surface area contributed by atoms with Crippen LogP contribution in [0.25, 0.3) is 97.4 Å². The van der Waals surface area contributed by atoms with E-state index in [0.29, 0.717) is 0 Å². The molecule has 3 aromatic heterocycles. The third-order valence-corrected chi connectivity index (χ3v) is 11.7. The van der Waals surface area contributed by atoms with Gasteiger partial charge in [0.25, 0.3) is 0 Å². The van der Waals surface area contributed by atoms with Crippen molar-refractivity contribution in [3.63, 3.8) is 0 Å². The van der Waals surface area contributed by atoms with Crippen molar-refractivity contribution in [3.05, 3.63) is 182 Å². The van der Waals surface area contributed by atoms with Gasteiger partial charge in [0, 0.05) is 53.1 Å². The summed E-state index contributed by atoms with van der Waals surface area (Å²) in [5, 5.41) is 7.68. The van der Waals surface area contributed by atoms with Crippen LogP contribution in [0.4, 0.5) is 0 Å². The van der Waals surface area contributed by atoms with E-state index >= 15 is 0 Å². The second kappa shape index (κ2) is 11.0. The molecule has 0 radical (unpaired) electrons. The predicted octanol–water partition coefficient (Wildman–Crippen LogP) is 13.6. The summed E-state index contributed by atoms with van der Waals surface area (Å²) in [5.41, 5.74) is 12.1. The van der Waals surface area contributed by atoms with Gasteiger partial charge in [0.15, 0.2) is 0 Å². The van der Waals surface area contributed by atoms with Crippen molar-refractivity contribution in [1.29, 1.82) is 0 Å². The van der Waals surface area contributed by atoms with Crippen LogP contribution < -0.4 is 0 Å². The maximum atomic E-state index is 2.48. The Morgan fingerprint density at radius 3 is 1.80 bits per heavy atom. The molecule has 8 aromatic carbocycles. The fraction of sp³-hybridized carbons (Fsp3) is 0. The first-order valence-electron chi connectivity index (χ1n) is 17.4. The molecular formula is C48H30N2S. The van der Waals surface area contributed by atoms with E-state index in [2.05, 4.69) is 191 Å². The van der Waals surface area contributed by atoms with Crippen LogP contribution in [-0.4, -0.2) is 9.13 Å². The zero-order chi connectivity index (χ0) is 33.5. The summed E-state index contributed by atoms with van der Waals surface area (Å²) in [4.78, 5) is 0. The van der Waals surface area contributed by atoms with Crippen LogP contribution in [0, 0.1) is 0 Å². The molecule has 2 nitrogen and oxygen atoms in total. The zero-order valence-corrected chi connectivity index (χ0v) is 28.4. The molecule has 3 heteroatoms. The van der Waals surface area contributed by atoms with Crippen molar-refractivity contribution in [2.24, 2.45) is 0 Å². The lowest BCUT2D eigenvalue weighted by atomic mass is 10.0. The van der Waals surface area contributed by atoms with Gasteiger partial charge in [-0.3, -0.25) is 0 Å². The Morgan fingerprint density at radius 1 is 0.353 bits per heavy atom. The fourth-order valence-corrected chi connectivity index (χ4v) is 9.54. The van der Waals surface area contributed by atoms with Crippen molar-refractivity contribution in [2.45, 2.75) is 0 Å². The molecule has 3 heterocycles. The first-order valence-corrected chi connectivity index (χ1v) is 18.3. The molecule has 0 aliphatic heterocycles. The molecule has 0 saturated heterocycles. The third kappa shape index (κ3) is 4.22. The molecule has 0 atom stereocenters. The molecule has 0 aliphatic carbocycles. The van der Waals surface area contributed by atoms with Gasteiger partial charge >= 0.3 is 0 Å². The highest BCUT2D eigenvalue weighted by Gasteiger charge is 2.21. The fourth-order valence-electron chi connectivity index (χ4n) is 8.30. The van der Waals surface area contributed by atoms with Gasteiger partial charge in [-0.1, -0.05) is 133 Å². The molecular weight excluding hydrogens is 637 g/mol. The molecule has 0 amide bonds. The lowest BCUT2D eigenvalue weighted by Gasteiger charge is -2.12. The van der Waals surface area contributed by atoms with Crippen LogP contribution in [0.3, 0.4) is 0 Å². The average molecular weight is 667 g/mol. The highest BCUT2D eigenvalue weighted by molar-refractivity contribution is 7.26. The summed E-state index contributed by atoms with van der Waals surface area (Å²) in [7, 11) is 0. The van der Waals surface area contributed by atoms with E-state index in [1.165, 1.54) is 86.0 Å². The minimum absolute atomic E-state index is 1.16. The van der Waals surface area contributed by atoms with Crippen molar-refractivity contribution >= 4 is 75.1 Å². The Balaban J connectivity index is 1.19. The van der Waals surface area contributed by atoms with Gasteiger partial charge in [-0.05, 0) is 70.8 Å². The van der Waals surface area contributed by atoms with Gasteiger partial charge in [-0.15, -0.1) is 11.3 Å². The largest absolute Gasteiger partial charge is 0.309 e. The Hall–Kier alpha value is -6.42. The SMILES string of the molecule is c1ccc(-c2cccc(-n3c4ccccc4c4ccc5c(c6ccccc6n5-c5cccc(-c6cccc7c6sc6ccccc67)c5)c43)c2)cc1. The summed E-state index contributed by atoms with van der Waals surface area (Å²) < 4.78 is 7.60. The predicted molar refractivity (Wildman–Crippen MR) is 219 cm³/mol. The number of nitrogens with zero attached hydrogens (tertiary/aromatic N) is 2. The van der Waals surface area contributed by atoms with Gasteiger partial charge in [0.1, 0.15) is 0 Å². The minimum atomic E-state index is 1.16. The second-order valence-corrected chi connectivity index (χ2v) is 14.4. The van der Waals surface area contributed by atoms with Gasteiger partial charge < -0.3 is 9.13 Å². The number of hydrogen-bond donors (Lipinski definition) is 0. The summed E-state index contributed by atoms with van der Waals surface area (Å²) in [6.45, 7) is 0. The van der Waals surface area contributed by atoms with Gasteiger partial charge in [-0.2, -0.15) is 0 Å². The highest BCUT2D eigenvalue weighted by atomic mass is 32.1. The van der Waals surface area contributed by atoms with Crippen LogP contribution >= 0.6 is 11.3 Å². The topological polar surface area (TPSA) is 9.86 Å². The third-order valence-electron chi connectivity index (χ3n) is 10.5. The van der Waals surface area contributed by atoms with E-state index in [9.17, 15) is 0 Å². The van der Waals surface area contributed by atoms with Crippen molar-refractivity contribution in [3.8, 4) is 33.6 Å². The number of thiophene rings is 1. The Morgan fingerprint density at radius 2 is 0.961 bits per heavy atom. The Bertz CT molecular complexity index is 3140. The molecule has 0 aliphatic rings. The number of aromatic nitrogens is 2. The van der Waals surface area contributed by atoms with Crippen LogP contribution in [0.5, 0.6) is 0 Å². The summed E-state index contributed by atoms with van der Waals surface area (Å²) >= 11 is 1.88. The van der Waals surface area contributed by atoms with Crippen LogP contribution in [-0.2, 0) is 0 Å². The van der Waals surface area contributed by atoms with Gasteiger partial charge in [0.2, 0.25) is 0 Å². The Labute approximate surface area is 298 Å². The molecule has 11 rings (SSSR count). The first kappa shape index (κ1) is 28.4. The van der Waals surface area contributed by atoms with Crippen LogP contribution in [0.2, 0.25) is 0 Å². The quantitative estimate of drug-likeness (QED) is 0.177. The van der Waals surface area contributed by atoms with Crippen molar-refractivity contribution in [1.82, 2.24) is 9.13 Å². The molecule has 0 spiro atoms. The maximum Gasteiger partial charge on any atom is 0.0641 e. The average Bonchev–Trinajstić information content (AvgIpc) is 3.86. The first-order chi connectivity index (χ1) is 25.3. The van der Waals surface area contributed by atoms with E-state index in [4.69, 9.17) is 0 Å². The van der Waals surface area contributed by atoms with Crippen LogP contribution in [0.15, 0.2) is 182 Å². The monoisotopic (exact) mass is 666 g/mol. The van der Waals surface area contributed by atoms with E-state index in [1.807, 2.05) is 11.3 Å². The standard InChI is InChI=1S/C48H30N2S/c1-2-13-31(14-3-1)32-15-10-18-35(29-32)50-42-24-7-4-19-37(42)39-27-28-44-46(47(39)50)41-21-5-8-25-43(41)49(44)34-17-11-16-33(30-34)36-22-12-23-40-38-20-6-9-26-45(38)51-48(36)40/h1-30H. The molecule has 51 heavy (non-hydrogen) atoms. The molecule has 238 valence electrons. The van der Waals surface area contributed by atoms with E-state index in [1.54, 1.807) is 0 Å².